The van der Waals surface area contributed by atoms with Crippen molar-refractivity contribution in [2.75, 3.05) is 26.7 Å². The molecule has 0 saturated carbocycles. The molecule has 2 heterocycles. The Hall–Kier alpha value is -1.43. The Kier molecular flexibility index (Phi) is 4.80. The fraction of sp³-hybridized carbons (Fsp3) is 0.667. The van der Waals surface area contributed by atoms with Gasteiger partial charge in [0.2, 0.25) is 0 Å². The zero-order valence-corrected chi connectivity index (χ0v) is 15.8. The maximum atomic E-state index is 13.1. The number of rotatable bonds is 2. The first kappa shape index (κ1) is 18.0. The topological polar surface area (TPSA) is 61.8 Å². The van der Waals surface area contributed by atoms with Gasteiger partial charge in [-0.3, -0.25) is 4.79 Å². The van der Waals surface area contributed by atoms with E-state index in [-0.39, 0.29) is 24.0 Å². The van der Waals surface area contributed by atoms with Crippen molar-refractivity contribution in [2.24, 2.45) is 5.92 Å². The lowest BCUT2D eigenvalue weighted by Gasteiger charge is -2.39. The summed E-state index contributed by atoms with van der Waals surface area (Å²) in [5, 5.41) is 14.0. The molecule has 26 heavy (non-hydrogen) atoms. The Labute approximate surface area is 155 Å². The highest BCUT2D eigenvalue weighted by Gasteiger charge is 2.43. The van der Waals surface area contributed by atoms with Crippen LogP contribution in [0.1, 0.15) is 47.7 Å². The standard InChI is InChI=1S/C21H30N2O3/c1-21(25)11-17-12-23(9-8-18(17)26-13-19(21)22-2)20(24)16-7-6-14-4-3-5-15(14)10-16/h6-7,10,17-19,22,25H,3-5,8-9,11-13H2,1-2H3/t17-,18+,19+,21+/m0/s1. The van der Waals surface area contributed by atoms with E-state index in [4.69, 9.17) is 4.74 Å². The minimum atomic E-state index is -0.826. The van der Waals surface area contributed by atoms with E-state index < -0.39 is 5.60 Å². The number of likely N-dealkylation sites (tertiary alicyclic amines) is 1. The number of ether oxygens (including phenoxy) is 1. The molecule has 5 heteroatoms. The molecule has 2 saturated heterocycles. The molecule has 1 amide bonds. The number of nitrogens with zero attached hydrogens (tertiary/aromatic N) is 1. The summed E-state index contributed by atoms with van der Waals surface area (Å²) in [7, 11) is 1.86. The van der Waals surface area contributed by atoms with Crippen LogP contribution in [0.15, 0.2) is 18.2 Å². The van der Waals surface area contributed by atoms with Gasteiger partial charge in [-0.2, -0.15) is 0 Å². The summed E-state index contributed by atoms with van der Waals surface area (Å²) >= 11 is 0. The first-order valence-electron chi connectivity index (χ1n) is 9.90. The molecule has 142 valence electrons. The highest BCUT2D eigenvalue weighted by Crippen LogP contribution is 2.34. The molecule has 4 rings (SSSR count). The molecule has 2 N–H and O–H groups in total. The number of nitrogens with one attached hydrogen (secondary N) is 1. The van der Waals surface area contributed by atoms with Gasteiger partial charge >= 0.3 is 0 Å². The Morgan fingerprint density at radius 3 is 2.96 bits per heavy atom. The van der Waals surface area contributed by atoms with Crippen LogP contribution in [0, 0.1) is 5.92 Å². The van der Waals surface area contributed by atoms with Gasteiger partial charge in [0.1, 0.15) is 0 Å². The highest BCUT2D eigenvalue weighted by molar-refractivity contribution is 5.94. The van der Waals surface area contributed by atoms with Crippen molar-refractivity contribution in [3.63, 3.8) is 0 Å². The molecule has 0 unspecified atom stereocenters. The van der Waals surface area contributed by atoms with Crippen LogP contribution in [0.5, 0.6) is 0 Å². The van der Waals surface area contributed by atoms with Gasteiger partial charge in [-0.05, 0) is 69.3 Å². The second-order valence-electron chi connectivity index (χ2n) is 8.41. The molecular weight excluding hydrogens is 328 g/mol. The quantitative estimate of drug-likeness (QED) is 0.846. The van der Waals surface area contributed by atoms with E-state index in [0.29, 0.717) is 19.6 Å². The number of benzene rings is 1. The van der Waals surface area contributed by atoms with Crippen LogP contribution in [-0.2, 0) is 17.6 Å². The number of hydrogen-bond acceptors (Lipinski definition) is 4. The number of likely N-dealkylation sites (N-methyl/N-ethyl adjacent to an activating group) is 1. The fourth-order valence-electron chi connectivity index (χ4n) is 4.96. The fourth-order valence-corrected chi connectivity index (χ4v) is 4.96. The lowest BCUT2D eigenvalue weighted by atomic mass is 9.82. The van der Waals surface area contributed by atoms with Gasteiger partial charge in [0.25, 0.3) is 5.91 Å². The lowest BCUT2D eigenvalue weighted by molar-refractivity contribution is -0.0217. The summed E-state index contributed by atoms with van der Waals surface area (Å²) in [6.07, 6.45) is 5.04. The number of aryl methyl sites for hydroxylation is 2. The minimum absolute atomic E-state index is 0.0750. The molecule has 4 atom stereocenters. The molecule has 0 bridgehead atoms. The smallest absolute Gasteiger partial charge is 0.253 e. The molecular formula is C21H30N2O3. The second kappa shape index (κ2) is 6.95. The van der Waals surface area contributed by atoms with Crippen LogP contribution in [-0.4, -0.2) is 60.4 Å². The maximum Gasteiger partial charge on any atom is 0.253 e. The summed E-state index contributed by atoms with van der Waals surface area (Å²) in [6, 6.07) is 6.12. The third-order valence-electron chi connectivity index (χ3n) is 6.55. The van der Waals surface area contributed by atoms with Crippen LogP contribution in [0.2, 0.25) is 0 Å². The molecule has 0 aromatic heterocycles. The van der Waals surface area contributed by atoms with Crippen molar-refractivity contribution in [1.82, 2.24) is 10.2 Å². The Bertz CT molecular complexity index is 688. The Balaban J connectivity index is 1.49. The monoisotopic (exact) mass is 358 g/mol. The van der Waals surface area contributed by atoms with Crippen molar-refractivity contribution < 1.29 is 14.6 Å². The predicted octanol–water partition coefficient (Wildman–Crippen LogP) is 1.77. The van der Waals surface area contributed by atoms with E-state index in [1.807, 2.05) is 24.9 Å². The first-order valence-corrected chi connectivity index (χ1v) is 9.90. The van der Waals surface area contributed by atoms with Gasteiger partial charge in [-0.25, -0.2) is 0 Å². The summed E-state index contributed by atoms with van der Waals surface area (Å²) in [6.45, 7) is 3.78. The van der Waals surface area contributed by atoms with Gasteiger partial charge in [-0.1, -0.05) is 6.07 Å². The highest BCUT2D eigenvalue weighted by atomic mass is 16.5. The Morgan fingerprint density at radius 2 is 2.15 bits per heavy atom. The normalized spacial score (nSPS) is 34.1. The average Bonchev–Trinajstić information content (AvgIpc) is 3.04. The summed E-state index contributed by atoms with van der Waals surface area (Å²) in [5.41, 5.74) is 2.71. The summed E-state index contributed by atoms with van der Waals surface area (Å²) in [5.74, 6) is 0.294. The largest absolute Gasteiger partial charge is 0.388 e. The Morgan fingerprint density at radius 1 is 1.35 bits per heavy atom. The summed E-state index contributed by atoms with van der Waals surface area (Å²) in [4.78, 5) is 15.0. The number of amides is 1. The van der Waals surface area contributed by atoms with Crippen molar-refractivity contribution >= 4 is 5.91 Å². The first-order chi connectivity index (χ1) is 12.5. The van der Waals surface area contributed by atoms with Crippen LogP contribution in [0.4, 0.5) is 0 Å². The van der Waals surface area contributed by atoms with Crippen molar-refractivity contribution in [1.29, 1.82) is 0 Å². The molecule has 1 aromatic carbocycles. The molecule has 2 aliphatic heterocycles. The van der Waals surface area contributed by atoms with Gasteiger partial charge in [0.05, 0.1) is 24.4 Å². The number of aliphatic hydroxyl groups is 1. The van der Waals surface area contributed by atoms with E-state index in [1.165, 1.54) is 17.5 Å². The van der Waals surface area contributed by atoms with E-state index in [2.05, 4.69) is 17.4 Å². The lowest BCUT2D eigenvalue weighted by Crippen LogP contribution is -2.51. The van der Waals surface area contributed by atoms with Crippen molar-refractivity contribution in [3.05, 3.63) is 34.9 Å². The van der Waals surface area contributed by atoms with E-state index in [1.54, 1.807) is 0 Å². The van der Waals surface area contributed by atoms with Crippen LogP contribution < -0.4 is 5.32 Å². The molecule has 5 nitrogen and oxygen atoms in total. The van der Waals surface area contributed by atoms with Gasteiger partial charge in [-0.15, -0.1) is 0 Å². The number of carbonyl (C=O) groups is 1. The molecule has 3 aliphatic rings. The number of piperidine rings is 1. The maximum absolute atomic E-state index is 13.1. The van der Waals surface area contributed by atoms with E-state index in [0.717, 1.165) is 31.4 Å². The van der Waals surface area contributed by atoms with Gasteiger partial charge in [0.15, 0.2) is 0 Å². The van der Waals surface area contributed by atoms with Crippen LogP contribution in [0.25, 0.3) is 0 Å². The molecule has 1 aromatic rings. The number of hydrogen-bond donors (Lipinski definition) is 2. The average molecular weight is 358 g/mol. The third kappa shape index (κ3) is 3.28. The van der Waals surface area contributed by atoms with Crippen molar-refractivity contribution in [2.45, 2.75) is 56.8 Å². The second-order valence-corrected chi connectivity index (χ2v) is 8.41. The van der Waals surface area contributed by atoms with E-state index in [9.17, 15) is 9.90 Å². The van der Waals surface area contributed by atoms with E-state index >= 15 is 0 Å². The van der Waals surface area contributed by atoms with Crippen LogP contribution >= 0.6 is 0 Å². The summed E-state index contributed by atoms with van der Waals surface area (Å²) < 4.78 is 6.08. The predicted molar refractivity (Wildman–Crippen MR) is 100 cm³/mol. The number of fused-ring (bicyclic) bond motifs is 2. The van der Waals surface area contributed by atoms with Gasteiger partial charge in [0, 0.05) is 24.6 Å². The molecule has 0 spiro atoms. The SMILES string of the molecule is CN[C@@H]1CO[C@@H]2CCN(C(=O)c3ccc4c(c3)CCC4)C[C@@H]2C[C@@]1(C)O. The number of carbonyl (C=O) groups excluding carboxylic acids is 1. The van der Waals surface area contributed by atoms with Gasteiger partial charge < -0.3 is 20.1 Å². The van der Waals surface area contributed by atoms with Crippen LogP contribution in [0.3, 0.4) is 0 Å². The van der Waals surface area contributed by atoms with Crippen molar-refractivity contribution in [3.8, 4) is 0 Å². The molecule has 2 fully saturated rings. The minimum Gasteiger partial charge on any atom is -0.388 e. The zero-order valence-electron chi connectivity index (χ0n) is 15.8. The zero-order chi connectivity index (χ0) is 18.3. The molecule has 1 aliphatic carbocycles. The third-order valence-corrected chi connectivity index (χ3v) is 6.55. The molecule has 0 radical (unpaired) electrons.